The molecule has 47 valence electrons. The second-order valence-electron chi connectivity index (χ2n) is 1.92. The van der Waals surface area contributed by atoms with E-state index < -0.39 is 0 Å². The zero-order chi connectivity index (χ0) is 6.81. The van der Waals surface area contributed by atoms with Crippen molar-refractivity contribution >= 4 is 10.9 Å². The summed E-state index contributed by atoms with van der Waals surface area (Å²) in [5.41, 5.74) is 0.855. The van der Waals surface area contributed by atoms with Crippen molar-refractivity contribution in [2.75, 3.05) is 0 Å². The standard InChI is InChI=1S/C7H4N3/c1-2-4-7-6(3-1)5-8-10-9-7/h2-5H. The van der Waals surface area contributed by atoms with Gasteiger partial charge in [0.1, 0.15) is 0 Å². The zero-order valence-corrected chi connectivity index (χ0v) is 5.15. The lowest BCUT2D eigenvalue weighted by Crippen LogP contribution is -1.85. The van der Waals surface area contributed by atoms with Gasteiger partial charge in [0, 0.05) is 5.39 Å². The molecule has 0 fully saturated rings. The maximum absolute atomic E-state index is 3.80. The van der Waals surface area contributed by atoms with Crippen LogP contribution in [0.2, 0.25) is 0 Å². The fraction of sp³-hybridized carbons (Fsp3) is 0. The highest BCUT2D eigenvalue weighted by molar-refractivity contribution is 5.76. The van der Waals surface area contributed by atoms with Gasteiger partial charge in [0.15, 0.2) is 0 Å². The summed E-state index contributed by atoms with van der Waals surface area (Å²) >= 11 is 0. The minimum absolute atomic E-state index is 0.855. The number of fused-ring (bicyclic) bond motifs is 1. The van der Waals surface area contributed by atoms with Gasteiger partial charge in [0.2, 0.25) is 0 Å². The summed E-state index contributed by atoms with van der Waals surface area (Å²) in [4.78, 5) is 0. The van der Waals surface area contributed by atoms with Crippen LogP contribution in [0.15, 0.2) is 24.4 Å². The number of rotatable bonds is 0. The van der Waals surface area contributed by atoms with Gasteiger partial charge in [-0.15, -0.1) is 10.2 Å². The Kier molecular flexibility index (Phi) is 1.07. The zero-order valence-electron chi connectivity index (χ0n) is 5.15. The molecule has 1 heterocycles. The van der Waals surface area contributed by atoms with Crippen molar-refractivity contribution in [3.05, 3.63) is 30.5 Å². The van der Waals surface area contributed by atoms with Gasteiger partial charge >= 0.3 is 0 Å². The Morgan fingerprint density at radius 3 is 3.30 bits per heavy atom. The van der Waals surface area contributed by atoms with Crippen LogP contribution in [0, 0.1) is 6.07 Å². The molecular formula is C7H4N3. The average molecular weight is 130 g/mol. The fourth-order valence-corrected chi connectivity index (χ4v) is 0.792. The molecule has 0 bridgehead atoms. The molecule has 0 aliphatic rings. The van der Waals surface area contributed by atoms with Crippen molar-refractivity contribution in [3.63, 3.8) is 0 Å². The molecule has 0 saturated heterocycles. The molecule has 2 rings (SSSR count). The van der Waals surface area contributed by atoms with Gasteiger partial charge in [-0.3, -0.25) is 0 Å². The van der Waals surface area contributed by atoms with Gasteiger partial charge in [-0.2, -0.15) is 0 Å². The molecule has 2 aromatic rings. The van der Waals surface area contributed by atoms with E-state index in [2.05, 4.69) is 21.5 Å². The molecule has 3 nitrogen and oxygen atoms in total. The van der Waals surface area contributed by atoms with E-state index >= 15 is 0 Å². The average Bonchev–Trinajstić information content (AvgIpc) is 2.05. The molecule has 0 unspecified atom stereocenters. The van der Waals surface area contributed by atoms with E-state index in [1.807, 2.05) is 12.1 Å². The van der Waals surface area contributed by atoms with Crippen LogP contribution in [0.25, 0.3) is 10.9 Å². The number of benzene rings is 1. The Bertz CT molecular complexity index is 280. The van der Waals surface area contributed by atoms with Crippen molar-refractivity contribution < 1.29 is 0 Å². The fourth-order valence-electron chi connectivity index (χ4n) is 0.792. The van der Waals surface area contributed by atoms with Crippen LogP contribution in [0.1, 0.15) is 0 Å². The van der Waals surface area contributed by atoms with Gasteiger partial charge in [-0.25, -0.2) is 0 Å². The number of hydrogen-bond donors (Lipinski definition) is 0. The second-order valence-corrected chi connectivity index (χ2v) is 1.92. The molecule has 0 saturated carbocycles. The number of nitrogens with zero attached hydrogens (tertiary/aromatic N) is 3. The highest BCUT2D eigenvalue weighted by Gasteiger charge is 1.89. The molecule has 0 amide bonds. The summed E-state index contributed by atoms with van der Waals surface area (Å²) in [5.74, 6) is 0. The van der Waals surface area contributed by atoms with E-state index in [1.54, 1.807) is 12.3 Å². The first kappa shape index (κ1) is 5.29. The van der Waals surface area contributed by atoms with Gasteiger partial charge in [0.05, 0.1) is 11.7 Å². The van der Waals surface area contributed by atoms with Crippen molar-refractivity contribution in [2.24, 2.45) is 0 Å². The van der Waals surface area contributed by atoms with E-state index in [-0.39, 0.29) is 0 Å². The highest BCUT2D eigenvalue weighted by Crippen LogP contribution is 2.04. The summed E-state index contributed by atoms with van der Waals surface area (Å²) in [5, 5.41) is 11.9. The quantitative estimate of drug-likeness (QED) is 0.530. The van der Waals surface area contributed by atoms with Crippen LogP contribution in [0.4, 0.5) is 0 Å². The third-order valence-corrected chi connectivity index (χ3v) is 1.27. The van der Waals surface area contributed by atoms with Gasteiger partial charge in [-0.05, 0) is 23.4 Å². The summed E-state index contributed by atoms with van der Waals surface area (Å²) < 4.78 is 0. The van der Waals surface area contributed by atoms with Crippen LogP contribution in [-0.4, -0.2) is 15.4 Å². The minimum Gasteiger partial charge on any atom is -0.138 e. The first-order valence-corrected chi connectivity index (χ1v) is 2.91. The second kappa shape index (κ2) is 2.02. The highest BCUT2D eigenvalue weighted by atomic mass is 15.3. The third-order valence-electron chi connectivity index (χ3n) is 1.27. The number of aromatic nitrogens is 3. The van der Waals surface area contributed by atoms with Crippen LogP contribution in [0.5, 0.6) is 0 Å². The van der Waals surface area contributed by atoms with Crippen LogP contribution < -0.4 is 0 Å². The predicted molar refractivity (Wildman–Crippen MR) is 36.2 cm³/mol. The first-order valence-electron chi connectivity index (χ1n) is 2.91. The van der Waals surface area contributed by atoms with Crippen molar-refractivity contribution in [1.82, 2.24) is 15.4 Å². The molecule has 0 spiro atoms. The Morgan fingerprint density at radius 1 is 1.40 bits per heavy atom. The molecule has 0 aliphatic carbocycles. The van der Waals surface area contributed by atoms with E-state index in [1.165, 1.54) is 0 Å². The molecule has 1 aromatic heterocycles. The maximum Gasteiger partial charge on any atom is 0.0963 e. The largest absolute Gasteiger partial charge is 0.138 e. The van der Waals surface area contributed by atoms with Crippen molar-refractivity contribution in [1.29, 1.82) is 0 Å². The van der Waals surface area contributed by atoms with Crippen molar-refractivity contribution in [3.8, 4) is 0 Å². The Balaban J connectivity index is 2.89. The lowest BCUT2D eigenvalue weighted by molar-refractivity contribution is 0.895. The lowest BCUT2D eigenvalue weighted by Gasteiger charge is -1.88. The molecule has 0 aliphatic heterocycles. The first-order chi connectivity index (χ1) is 4.97. The maximum atomic E-state index is 3.80. The van der Waals surface area contributed by atoms with Crippen LogP contribution in [0.3, 0.4) is 0 Å². The van der Waals surface area contributed by atoms with E-state index in [0.29, 0.717) is 0 Å². The Morgan fingerprint density at radius 2 is 2.40 bits per heavy atom. The minimum atomic E-state index is 0.855. The molecule has 3 heteroatoms. The van der Waals surface area contributed by atoms with Gasteiger partial charge < -0.3 is 0 Å². The molecular weight excluding hydrogens is 126 g/mol. The van der Waals surface area contributed by atoms with Gasteiger partial charge in [-0.1, -0.05) is 6.07 Å². The smallest absolute Gasteiger partial charge is 0.0963 e. The number of hydrogen-bond acceptors (Lipinski definition) is 3. The summed E-state index contributed by atoms with van der Waals surface area (Å²) in [6, 6.07) is 8.41. The SMILES string of the molecule is [c]1ccc2nnncc2c1. The van der Waals surface area contributed by atoms with E-state index in [0.717, 1.165) is 10.9 Å². The summed E-state index contributed by atoms with van der Waals surface area (Å²) in [6.07, 6.45) is 1.67. The molecule has 1 radical (unpaired) electrons. The third kappa shape index (κ3) is 0.719. The lowest BCUT2D eigenvalue weighted by atomic mass is 10.2. The monoisotopic (exact) mass is 130 g/mol. The van der Waals surface area contributed by atoms with Crippen molar-refractivity contribution in [2.45, 2.75) is 0 Å². The summed E-state index contributed by atoms with van der Waals surface area (Å²) in [6.45, 7) is 0. The Labute approximate surface area is 57.7 Å². The van der Waals surface area contributed by atoms with Gasteiger partial charge in [0.25, 0.3) is 0 Å². The molecule has 10 heavy (non-hydrogen) atoms. The summed E-state index contributed by atoms with van der Waals surface area (Å²) in [7, 11) is 0. The van der Waals surface area contributed by atoms with E-state index in [4.69, 9.17) is 0 Å². The van der Waals surface area contributed by atoms with Crippen LogP contribution in [-0.2, 0) is 0 Å². The topological polar surface area (TPSA) is 38.7 Å². The van der Waals surface area contributed by atoms with E-state index in [9.17, 15) is 0 Å². The molecule has 0 atom stereocenters. The Hall–Kier alpha value is -1.51. The molecule has 0 N–H and O–H groups in total. The normalized spacial score (nSPS) is 10.0. The molecule has 1 aromatic carbocycles. The van der Waals surface area contributed by atoms with Crippen LogP contribution >= 0.6 is 0 Å². The predicted octanol–water partition coefficient (Wildman–Crippen LogP) is 0.825.